The van der Waals surface area contributed by atoms with Crippen LogP contribution in [0.5, 0.6) is 5.75 Å². The van der Waals surface area contributed by atoms with Crippen molar-refractivity contribution in [3.63, 3.8) is 0 Å². The van der Waals surface area contributed by atoms with E-state index >= 15 is 0 Å². The fraction of sp³-hybridized carbons (Fsp3) is 0.455. The number of ether oxygens (including phenoxy) is 1. The molecule has 4 heterocycles. The van der Waals surface area contributed by atoms with Crippen LogP contribution >= 0.6 is 11.5 Å². The number of piperidine rings is 1. The van der Waals surface area contributed by atoms with Gasteiger partial charge in [0.15, 0.2) is 33.3 Å². The Morgan fingerprint density at radius 2 is 1.91 bits per heavy atom. The summed E-state index contributed by atoms with van der Waals surface area (Å²) in [7, 11) is -1.67. The van der Waals surface area contributed by atoms with Crippen LogP contribution in [0.25, 0.3) is 11.5 Å². The Labute approximate surface area is 206 Å². The molecule has 0 saturated carbocycles. The molecule has 2 fully saturated rings. The molecule has 1 unspecified atom stereocenters. The summed E-state index contributed by atoms with van der Waals surface area (Å²) in [5.74, 6) is -0.425. The Bertz CT molecular complexity index is 1350. The van der Waals surface area contributed by atoms with E-state index in [1.165, 1.54) is 23.7 Å². The first-order valence-electron chi connectivity index (χ1n) is 11.2. The molecular weight excluding hydrogens is 495 g/mol. The van der Waals surface area contributed by atoms with Gasteiger partial charge in [-0.15, -0.1) is 0 Å². The second-order valence-corrected chi connectivity index (χ2v) is 11.5. The molecule has 13 heteroatoms. The molecule has 0 bridgehead atoms. The van der Waals surface area contributed by atoms with Gasteiger partial charge in [-0.25, -0.2) is 12.8 Å². The minimum absolute atomic E-state index is 0.0780. The summed E-state index contributed by atoms with van der Waals surface area (Å²) in [6.07, 6.45) is 3.97. The van der Waals surface area contributed by atoms with Crippen LogP contribution in [0.1, 0.15) is 19.3 Å². The number of nitrogens with zero attached hydrogens (tertiary/aromatic N) is 6. The van der Waals surface area contributed by atoms with E-state index in [-0.39, 0.29) is 22.6 Å². The molecule has 0 aliphatic carbocycles. The number of benzene rings is 1. The van der Waals surface area contributed by atoms with Gasteiger partial charge in [-0.1, -0.05) is 0 Å². The molecule has 0 N–H and O–H groups in total. The quantitative estimate of drug-likeness (QED) is 0.486. The molecule has 5 rings (SSSR count). The number of halogens is 1. The lowest BCUT2D eigenvalue weighted by Gasteiger charge is -2.36. The lowest BCUT2D eigenvalue weighted by atomic mass is 10.0. The molecule has 2 aliphatic heterocycles. The number of likely N-dealkylation sites (tertiary alicyclic amines) is 1. The van der Waals surface area contributed by atoms with Crippen molar-refractivity contribution in [2.45, 2.75) is 36.3 Å². The number of carbonyl (C=O) groups is 1. The van der Waals surface area contributed by atoms with Gasteiger partial charge in [0, 0.05) is 63.1 Å². The van der Waals surface area contributed by atoms with Crippen molar-refractivity contribution in [2.75, 3.05) is 30.8 Å². The first-order chi connectivity index (χ1) is 16.7. The van der Waals surface area contributed by atoms with Gasteiger partial charge in [0.2, 0.25) is 5.13 Å². The number of aryl methyl sites for hydroxylation is 1. The van der Waals surface area contributed by atoms with Gasteiger partial charge in [-0.05, 0) is 37.1 Å². The smallest absolute Gasteiger partial charge is 0.263 e. The predicted octanol–water partition coefficient (Wildman–Crippen LogP) is 2.13. The van der Waals surface area contributed by atoms with Crippen molar-refractivity contribution in [1.82, 2.24) is 24.0 Å². The van der Waals surface area contributed by atoms with Gasteiger partial charge < -0.3 is 14.5 Å². The van der Waals surface area contributed by atoms with E-state index in [1.807, 2.05) is 18.0 Å². The Kier molecular flexibility index (Phi) is 6.21. The molecule has 35 heavy (non-hydrogen) atoms. The highest BCUT2D eigenvalue weighted by Crippen LogP contribution is 2.30. The van der Waals surface area contributed by atoms with Gasteiger partial charge in [-0.3, -0.25) is 9.48 Å². The maximum Gasteiger partial charge on any atom is 0.263 e. The number of carbonyl (C=O) groups excluding carboxylic acids is 1. The van der Waals surface area contributed by atoms with Gasteiger partial charge in [0.25, 0.3) is 5.91 Å². The zero-order valence-corrected chi connectivity index (χ0v) is 20.9. The molecule has 0 spiro atoms. The molecule has 0 radical (unpaired) electrons. The third-order valence-corrected chi connectivity index (χ3v) is 8.32. The van der Waals surface area contributed by atoms with Gasteiger partial charge in [0.05, 0.1) is 4.90 Å². The number of rotatable bonds is 6. The summed E-state index contributed by atoms with van der Waals surface area (Å²) in [5, 5.41) is 5.01. The number of hydrogen-bond donors (Lipinski definition) is 0. The van der Waals surface area contributed by atoms with Crippen LogP contribution in [-0.4, -0.2) is 76.4 Å². The zero-order valence-electron chi connectivity index (χ0n) is 19.3. The van der Waals surface area contributed by atoms with E-state index in [0.29, 0.717) is 18.8 Å². The van der Waals surface area contributed by atoms with E-state index in [9.17, 15) is 17.6 Å². The summed E-state index contributed by atoms with van der Waals surface area (Å²) < 4.78 is 49.5. The fourth-order valence-electron chi connectivity index (χ4n) is 4.52. The predicted molar refractivity (Wildman–Crippen MR) is 128 cm³/mol. The molecule has 1 amide bonds. The normalized spacial score (nSPS) is 19.5. The highest BCUT2D eigenvalue weighted by molar-refractivity contribution is 7.90. The summed E-state index contributed by atoms with van der Waals surface area (Å²) in [4.78, 5) is 21.5. The van der Waals surface area contributed by atoms with Crippen molar-refractivity contribution in [2.24, 2.45) is 7.05 Å². The first kappa shape index (κ1) is 23.7. The number of aromatic nitrogens is 4. The molecule has 1 atom stereocenters. The van der Waals surface area contributed by atoms with E-state index in [2.05, 4.69) is 19.4 Å². The molecule has 2 aliphatic rings. The first-order valence-corrected chi connectivity index (χ1v) is 13.9. The van der Waals surface area contributed by atoms with Crippen molar-refractivity contribution >= 4 is 32.4 Å². The van der Waals surface area contributed by atoms with Crippen molar-refractivity contribution in [1.29, 1.82) is 0 Å². The standard InChI is InChI=1S/C22H25FN6O4S2/c1-27-17(5-9-24-27)20-25-22(34-26-20)28-10-6-14(7-11-28)29-12-8-19(21(29)30)33-18-4-3-15(13-16(18)23)35(2,31)32/h3-5,9,13-14,19H,6-8,10-12H2,1-2H3. The highest BCUT2D eigenvalue weighted by atomic mass is 32.2. The van der Waals surface area contributed by atoms with E-state index < -0.39 is 21.8 Å². The number of sulfone groups is 1. The third kappa shape index (κ3) is 4.74. The highest BCUT2D eigenvalue weighted by Gasteiger charge is 2.39. The fourth-order valence-corrected chi connectivity index (χ4v) is 5.88. The largest absolute Gasteiger partial charge is 0.477 e. The summed E-state index contributed by atoms with van der Waals surface area (Å²) in [6, 6.07) is 5.43. The Morgan fingerprint density at radius 3 is 2.57 bits per heavy atom. The van der Waals surface area contributed by atoms with Crippen molar-refractivity contribution in [3.8, 4) is 17.3 Å². The van der Waals surface area contributed by atoms with Crippen LogP contribution in [0.2, 0.25) is 0 Å². The molecule has 2 saturated heterocycles. The van der Waals surface area contributed by atoms with Crippen LogP contribution in [0.4, 0.5) is 9.52 Å². The summed E-state index contributed by atoms with van der Waals surface area (Å²) >= 11 is 1.35. The van der Waals surface area contributed by atoms with E-state index in [4.69, 9.17) is 4.74 Å². The number of hydrogen-bond acceptors (Lipinski definition) is 9. The molecule has 3 aromatic rings. The number of amides is 1. The molecular formula is C22H25FN6O4S2. The monoisotopic (exact) mass is 520 g/mol. The minimum atomic E-state index is -3.53. The van der Waals surface area contributed by atoms with Crippen LogP contribution < -0.4 is 9.64 Å². The summed E-state index contributed by atoms with van der Waals surface area (Å²) in [6.45, 7) is 2.05. The lowest BCUT2D eigenvalue weighted by Crippen LogP contribution is -2.47. The average Bonchev–Trinajstić information content (AvgIpc) is 3.55. The Morgan fingerprint density at radius 1 is 1.14 bits per heavy atom. The molecule has 2 aromatic heterocycles. The van der Waals surface area contributed by atoms with E-state index in [1.54, 1.807) is 10.9 Å². The maximum atomic E-state index is 14.4. The zero-order chi connectivity index (χ0) is 24.7. The third-order valence-electron chi connectivity index (χ3n) is 6.43. The Balaban J connectivity index is 1.18. The average molecular weight is 521 g/mol. The second-order valence-electron chi connectivity index (χ2n) is 8.75. The maximum absolute atomic E-state index is 14.4. The molecule has 10 nitrogen and oxygen atoms in total. The van der Waals surface area contributed by atoms with Gasteiger partial charge in [-0.2, -0.15) is 14.5 Å². The molecule has 186 valence electrons. The number of anilines is 1. The Hall–Kier alpha value is -3.06. The van der Waals surface area contributed by atoms with Crippen LogP contribution in [0, 0.1) is 5.82 Å². The van der Waals surface area contributed by atoms with Crippen LogP contribution in [-0.2, 0) is 21.7 Å². The van der Waals surface area contributed by atoms with Crippen LogP contribution in [0.3, 0.4) is 0 Å². The van der Waals surface area contributed by atoms with Crippen molar-refractivity contribution in [3.05, 3.63) is 36.3 Å². The summed E-state index contributed by atoms with van der Waals surface area (Å²) in [5.41, 5.74) is 0.860. The van der Waals surface area contributed by atoms with E-state index in [0.717, 1.165) is 49.1 Å². The van der Waals surface area contributed by atoms with Crippen molar-refractivity contribution < 1.29 is 22.3 Å². The lowest BCUT2D eigenvalue weighted by molar-refractivity contribution is -0.135. The second kappa shape index (κ2) is 9.19. The van der Waals surface area contributed by atoms with Crippen LogP contribution in [0.15, 0.2) is 35.4 Å². The topological polar surface area (TPSA) is 111 Å². The SMILES string of the molecule is Cn1nccc1-c1nsc(N2CCC(N3CCC(Oc4ccc(S(C)(=O)=O)cc4F)C3=O)CC2)n1. The van der Waals surface area contributed by atoms with Gasteiger partial charge in [0.1, 0.15) is 5.69 Å². The molecule has 1 aromatic carbocycles. The minimum Gasteiger partial charge on any atom is -0.477 e. The van der Waals surface area contributed by atoms with Gasteiger partial charge >= 0.3 is 0 Å².